The third kappa shape index (κ3) is 2.82. The summed E-state index contributed by atoms with van der Waals surface area (Å²) in [5, 5.41) is 11.9. The number of aromatic nitrogens is 5. The normalized spacial score (nSPS) is 16.9. The van der Waals surface area contributed by atoms with Crippen molar-refractivity contribution in [3.05, 3.63) is 48.1 Å². The smallest absolute Gasteiger partial charge is 0.236 e. The largest absolute Gasteiger partial charge is 0.338 e. The number of nitrogens with two attached hydrogens (primary N) is 1. The molecule has 2 aromatic heterocycles. The van der Waals surface area contributed by atoms with Gasteiger partial charge >= 0.3 is 0 Å². The Bertz CT molecular complexity index is 811. The van der Waals surface area contributed by atoms with E-state index in [1.54, 1.807) is 10.9 Å². The van der Waals surface area contributed by atoms with Crippen LogP contribution in [0.4, 0.5) is 0 Å². The van der Waals surface area contributed by atoms with E-state index in [1.165, 1.54) is 0 Å². The lowest BCUT2D eigenvalue weighted by atomic mass is 10.0. The Balaban J connectivity index is 1.52. The van der Waals surface area contributed by atoms with E-state index in [1.807, 2.05) is 30.5 Å². The number of nitrogens with zero attached hydrogens (tertiary/aromatic N) is 5. The first-order valence-corrected chi connectivity index (χ1v) is 8.68. The summed E-state index contributed by atoms with van der Waals surface area (Å²) in [5.41, 5.74) is 7.94. The van der Waals surface area contributed by atoms with Gasteiger partial charge in [0, 0.05) is 34.6 Å². The van der Waals surface area contributed by atoms with Gasteiger partial charge in [0.1, 0.15) is 0 Å². The molecule has 1 aliphatic carbocycles. The molecule has 0 saturated heterocycles. The minimum Gasteiger partial charge on any atom is -0.338 e. The molecule has 3 aromatic rings. The predicted molar refractivity (Wildman–Crippen MR) is 94.9 cm³/mol. The molecular weight excluding hydrogens is 421 g/mol. The number of benzene rings is 1. The van der Waals surface area contributed by atoms with E-state index in [2.05, 4.69) is 46.8 Å². The zero-order chi connectivity index (χ0) is 16.6. The molecule has 24 heavy (non-hydrogen) atoms. The molecule has 4 rings (SSSR count). The van der Waals surface area contributed by atoms with Crippen molar-refractivity contribution >= 4 is 22.9 Å². The summed E-state index contributed by atoms with van der Waals surface area (Å²) < 4.78 is 10.3. The SMILES string of the molecule is NC(NI)C1(c2nc(-c3ccc(Cn4ccnn4)cc3)no2)CC1. The summed E-state index contributed by atoms with van der Waals surface area (Å²) in [6.45, 7) is 0.678. The molecule has 0 aliphatic heterocycles. The molecule has 2 heterocycles. The highest BCUT2D eigenvalue weighted by Gasteiger charge is 2.54. The van der Waals surface area contributed by atoms with E-state index in [0.717, 1.165) is 24.0 Å². The van der Waals surface area contributed by atoms with Gasteiger partial charge in [-0.15, -0.1) is 5.10 Å². The number of halogens is 1. The highest BCUT2D eigenvalue weighted by molar-refractivity contribution is 14.1. The minimum absolute atomic E-state index is 0.184. The summed E-state index contributed by atoms with van der Waals surface area (Å²) in [7, 11) is 0. The van der Waals surface area contributed by atoms with Gasteiger partial charge in [-0.1, -0.05) is 34.6 Å². The van der Waals surface area contributed by atoms with Crippen LogP contribution in [-0.4, -0.2) is 31.3 Å². The average molecular weight is 437 g/mol. The summed E-state index contributed by atoms with van der Waals surface area (Å²) in [6, 6.07) is 8.02. The third-order valence-corrected chi connectivity index (χ3v) is 5.05. The molecule has 1 fully saturated rings. The van der Waals surface area contributed by atoms with Crippen molar-refractivity contribution in [2.45, 2.75) is 31.0 Å². The standard InChI is InChI=1S/C15H16IN7O/c16-20-13(17)15(5-6-15)14-19-12(21-24-14)11-3-1-10(2-4-11)9-23-8-7-18-22-23/h1-4,7-8,13,20H,5-6,9,17H2. The second-order valence-corrected chi connectivity index (χ2v) is 6.59. The molecule has 1 aliphatic rings. The third-order valence-electron chi connectivity index (χ3n) is 4.38. The van der Waals surface area contributed by atoms with Crippen molar-refractivity contribution in [1.82, 2.24) is 28.7 Å². The van der Waals surface area contributed by atoms with Crippen LogP contribution in [-0.2, 0) is 12.0 Å². The fourth-order valence-electron chi connectivity index (χ4n) is 2.70. The summed E-state index contributed by atoms with van der Waals surface area (Å²) in [6.07, 6.45) is 5.24. The zero-order valence-corrected chi connectivity index (χ0v) is 14.9. The Labute approximate surface area is 152 Å². The van der Waals surface area contributed by atoms with Crippen LogP contribution in [0.1, 0.15) is 24.3 Å². The average Bonchev–Trinajstić information content (AvgIpc) is 3.02. The first kappa shape index (κ1) is 15.7. The fraction of sp³-hybridized carbons (Fsp3) is 0.333. The van der Waals surface area contributed by atoms with Crippen LogP contribution in [0.25, 0.3) is 11.4 Å². The number of rotatable bonds is 6. The highest BCUT2D eigenvalue weighted by Crippen LogP contribution is 2.49. The Morgan fingerprint density at radius 3 is 2.75 bits per heavy atom. The lowest BCUT2D eigenvalue weighted by molar-refractivity contribution is 0.320. The highest BCUT2D eigenvalue weighted by atomic mass is 127. The Kier molecular flexibility index (Phi) is 4.06. The van der Waals surface area contributed by atoms with E-state index in [4.69, 9.17) is 10.3 Å². The van der Waals surface area contributed by atoms with Crippen LogP contribution >= 0.6 is 22.9 Å². The van der Waals surface area contributed by atoms with Crippen molar-refractivity contribution < 1.29 is 4.52 Å². The minimum atomic E-state index is -0.223. The molecule has 1 saturated carbocycles. The Hall–Kier alpha value is -1.85. The second kappa shape index (κ2) is 6.22. The zero-order valence-electron chi connectivity index (χ0n) is 12.8. The molecule has 0 spiro atoms. The predicted octanol–water partition coefficient (Wildman–Crippen LogP) is 1.63. The first-order chi connectivity index (χ1) is 11.7. The second-order valence-electron chi connectivity index (χ2n) is 5.96. The molecule has 8 nitrogen and oxygen atoms in total. The van der Waals surface area contributed by atoms with Gasteiger partial charge in [0.15, 0.2) is 0 Å². The van der Waals surface area contributed by atoms with Crippen molar-refractivity contribution in [3.63, 3.8) is 0 Å². The monoisotopic (exact) mass is 437 g/mol. The van der Waals surface area contributed by atoms with Crippen LogP contribution in [0.5, 0.6) is 0 Å². The van der Waals surface area contributed by atoms with Crippen molar-refractivity contribution in [1.29, 1.82) is 0 Å². The summed E-state index contributed by atoms with van der Waals surface area (Å²) >= 11 is 2.06. The van der Waals surface area contributed by atoms with Gasteiger partial charge in [-0.25, -0.2) is 8.21 Å². The fourth-order valence-corrected chi connectivity index (χ4v) is 3.30. The van der Waals surface area contributed by atoms with Crippen molar-refractivity contribution in [3.8, 4) is 11.4 Å². The Morgan fingerprint density at radius 2 is 2.12 bits per heavy atom. The summed E-state index contributed by atoms with van der Waals surface area (Å²) in [5.74, 6) is 1.20. The van der Waals surface area contributed by atoms with Crippen LogP contribution in [0.2, 0.25) is 0 Å². The van der Waals surface area contributed by atoms with Gasteiger partial charge < -0.3 is 10.3 Å². The van der Waals surface area contributed by atoms with E-state index in [-0.39, 0.29) is 11.6 Å². The maximum atomic E-state index is 6.12. The topological polar surface area (TPSA) is 108 Å². The molecule has 0 amide bonds. The first-order valence-electron chi connectivity index (χ1n) is 7.61. The number of hydrogen-bond acceptors (Lipinski definition) is 7. The number of nitrogens with one attached hydrogen (secondary N) is 1. The quantitative estimate of drug-likeness (QED) is 0.343. The van der Waals surface area contributed by atoms with Crippen LogP contribution < -0.4 is 9.26 Å². The Morgan fingerprint density at radius 1 is 1.33 bits per heavy atom. The molecule has 1 aromatic carbocycles. The van der Waals surface area contributed by atoms with E-state index < -0.39 is 0 Å². The lowest BCUT2D eigenvalue weighted by Gasteiger charge is -2.17. The molecular formula is C15H16IN7O. The maximum absolute atomic E-state index is 6.12. The number of hydrogen-bond donors (Lipinski definition) is 2. The molecule has 9 heteroatoms. The van der Waals surface area contributed by atoms with Gasteiger partial charge in [0.25, 0.3) is 0 Å². The van der Waals surface area contributed by atoms with Gasteiger partial charge in [-0.3, -0.25) is 0 Å². The van der Waals surface area contributed by atoms with Gasteiger partial charge in [-0.2, -0.15) is 4.98 Å². The summed E-state index contributed by atoms with van der Waals surface area (Å²) in [4.78, 5) is 4.56. The molecule has 1 unspecified atom stereocenters. The van der Waals surface area contributed by atoms with E-state index in [9.17, 15) is 0 Å². The van der Waals surface area contributed by atoms with E-state index in [0.29, 0.717) is 18.3 Å². The molecule has 0 bridgehead atoms. The van der Waals surface area contributed by atoms with Crippen molar-refractivity contribution in [2.75, 3.05) is 0 Å². The van der Waals surface area contributed by atoms with Gasteiger partial charge in [0.2, 0.25) is 11.7 Å². The molecule has 3 N–H and O–H groups in total. The van der Waals surface area contributed by atoms with Crippen LogP contribution in [0, 0.1) is 0 Å². The van der Waals surface area contributed by atoms with Crippen LogP contribution in [0.15, 0.2) is 41.2 Å². The molecule has 1 atom stereocenters. The van der Waals surface area contributed by atoms with Crippen molar-refractivity contribution in [2.24, 2.45) is 5.73 Å². The van der Waals surface area contributed by atoms with Crippen LogP contribution in [0.3, 0.4) is 0 Å². The maximum Gasteiger partial charge on any atom is 0.236 e. The lowest BCUT2D eigenvalue weighted by Crippen LogP contribution is -2.42. The molecule has 0 radical (unpaired) electrons. The van der Waals surface area contributed by atoms with Gasteiger partial charge in [-0.05, 0) is 18.4 Å². The van der Waals surface area contributed by atoms with E-state index >= 15 is 0 Å². The molecule has 124 valence electrons. The van der Waals surface area contributed by atoms with Gasteiger partial charge in [0.05, 0.1) is 24.3 Å².